The second-order valence-corrected chi connectivity index (χ2v) is 8.57. The predicted molar refractivity (Wildman–Crippen MR) is 99.5 cm³/mol. The van der Waals surface area contributed by atoms with E-state index in [1.54, 1.807) is 38.1 Å². The Labute approximate surface area is 156 Å². The van der Waals surface area contributed by atoms with Gasteiger partial charge in [-0.2, -0.15) is 8.42 Å². The fourth-order valence-corrected chi connectivity index (χ4v) is 3.96. The molecule has 0 amide bonds. The van der Waals surface area contributed by atoms with Crippen LogP contribution in [0.25, 0.3) is 0 Å². The van der Waals surface area contributed by atoms with E-state index in [9.17, 15) is 13.0 Å². The lowest BCUT2D eigenvalue weighted by atomic mass is 10.2. The van der Waals surface area contributed by atoms with Crippen molar-refractivity contribution in [2.24, 2.45) is 0 Å². The monoisotopic (exact) mass is 406 g/mol. The molecule has 0 N–H and O–H groups in total. The van der Waals surface area contributed by atoms with Crippen LogP contribution in [0.2, 0.25) is 0 Å². The van der Waals surface area contributed by atoms with Gasteiger partial charge in [-0.05, 0) is 45.7 Å². The number of phosphoric acid groups is 1. The molecule has 26 heavy (non-hydrogen) atoms. The van der Waals surface area contributed by atoms with Gasteiger partial charge in [0, 0.05) is 0 Å². The van der Waals surface area contributed by atoms with Crippen molar-refractivity contribution in [2.45, 2.75) is 38.5 Å². The maximum atomic E-state index is 12.0. The van der Waals surface area contributed by atoms with E-state index < -0.39 is 17.9 Å². The lowest BCUT2D eigenvalue weighted by molar-refractivity contribution is 0.131. The molecule has 0 fully saturated rings. The summed E-state index contributed by atoms with van der Waals surface area (Å²) >= 11 is 0. The summed E-state index contributed by atoms with van der Waals surface area (Å²) in [5.74, 6) is 0. The van der Waals surface area contributed by atoms with Crippen molar-refractivity contribution in [3.63, 3.8) is 0 Å². The Kier molecular flexibility index (Phi) is 10.3. The molecule has 0 aromatic heterocycles. The van der Waals surface area contributed by atoms with Gasteiger partial charge in [0.25, 0.3) is 10.1 Å². The van der Waals surface area contributed by atoms with Gasteiger partial charge in [-0.1, -0.05) is 29.8 Å². The molecule has 0 aliphatic heterocycles. The molecule has 0 saturated carbocycles. The largest absolute Gasteiger partial charge is 0.475 e. The highest BCUT2D eigenvalue weighted by Gasteiger charge is 2.24. The summed E-state index contributed by atoms with van der Waals surface area (Å²) in [7, 11) is -7.22. The van der Waals surface area contributed by atoms with Crippen molar-refractivity contribution in [3.8, 4) is 0 Å². The van der Waals surface area contributed by atoms with Crippen molar-refractivity contribution < 1.29 is 30.7 Å². The second kappa shape index (κ2) is 11.6. The Morgan fingerprint density at radius 2 is 1.62 bits per heavy atom. The molecule has 1 rings (SSSR count). The third-order valence-corrected chi connectivity index (χ3v) is 6.07. The lowest BCUT2D eigenvalue weighted by Crippen LogP contribution is -2.07. The van der Waals surface area contributed by atoms with Crippen molar-refractivity contribution >= 4 is 17.9 Å². The molecule has 0 unspecified atom stereocenters. The van der Waals surface area contributed by atoms with Crippen LogP contribution in [0.3, 0.4) is 0 Å². The Bertz CT molecular complexity index is 688. The van der Waals surface area contributed by atoms with Crippen LogP contribution in [0.5, 0.6) is 0 Å². The first-order valence-electron chi connectivity index (χ1n) is 8.47. The fourth-order valence-electron chi connectivity index (χ4n) is 1.89. The zero-order chi connectivity index (χ0) is 19.5. The van der Waals surface area contributed by atoms with Gasteiger partial charge in [0.15, 0.2) is 0 Å². The van der Waals surface area contributed by atoms with Crippen molar-refractivity contribution in [2.75, 3.05) is 26.4 Å². The van der Waals surface area contributed by atoms with Crippen LogP contribution in [-0.4, -0.2) is 34.8 Å². The average molecular weight is 406 g/mol. The number of hydrogen-bond acceptors (Lipinski definition) is 7. The lowest BCUT2D eigenvalue weighted by Gasteiger charge is -2.14. The van der Waals surface area contributed by atoms with Crippen molar-refractivity contribution in [1.29, 1.82) is 0 Å². The van der Waals surface area contributed by atoms with Gasteiger partial charge in [-0.3, -0.25) is 17.8 Å². The molecule has 1 aromatic rings. The summed E-state index contributed by atoms with van der Waals surface area (Å²) in [6.45, 7) is 5.92. The first-order valence-corrected chi connectivity index (χ1v) is 11.3. The normalized spacial score (nSPS) is 12.7. The van der Waals surface area contributed by atoms with E-state index in [1.807, 2.05) is 6.92 Å². The highest BCUT2D eigenvalue weighted by Crippen LogP contribution is 2.49. The Hall–Kier alpha value is -1.02. The first kappa shape index (κ1) is 23.0. The Morgan fingerprint density at radius 3 is 2.19 bits per heavy atom. The number of unbranched alkanes of at least 4 members (excludes halogenated alkanes) is 1. The average Bonchev–Trinajstić information content (AvgIpc) is 2.58. The molecule has 0 heterocycles. The van der Waals surface area contributed by atoms with Gasteiger partial charge >= 0.3 is 7.82 Å². The summed E-state index contributed by atoms with van der Waals surface area (Å²) in [6.07, 6.45) is 4.60. The molecule has 0 radical (unpaired) electrons. The summed E-state index contributed by atoms with van der Waals surface area (Å²) in [4.78, 5) is 0.148. The van der Waals surface area contributed by atoms with Crippen LogP contribution in [-0.2, 0) is 32.4 Å². The van der Waals surface area contributed by atoms with E-state index in [2.05, 4.69) is 0 Å². The van der Waals surface area contributed by atoms with Crippen LogP contribution in [0.4, 0.5) is 0 Å². The highest BCUT2D eigenvalue weighted by atomic mass is 32.2. The molecule has 1 aromatic carbocycles. The number of allylic oxidation sites excluding steroid dienone is 1. The molecule has 0 aliphatic rings. The molecule has 0 aliphatic carbocycles. The highest BCUT2D eigenvalue weighted by molar-refractivity contribution is 7.86. The maximum Gasteiger partial charge on any atom is 0.475 e. The minimum Gasteiger partial charge on any atom is -0.287 e. The molecular formula is C17H27O7PS. The van der Waals surface area contributed by atoms with E-state index >= 15 is 0 Å². The summed E-state index contributed by atoms with van der Waals surface area (Å²) < 4.78 is 56.1. The third-order valence-electron chi connectivity index (χ3n) is 3.13. The van der Waals surface area contributed by atoms with E-state index in [4.69, 9.17) is 17.8 Å². The topological polar surface area (TPSA) is 88.1 Å². The molecule has 7 nitrogen and oxygen atoms in total. The molecular weight excluding hydrogens is 379 g/mol. The molecule has 0 atom stereocenters. The SMILES string of the molecule is CCOP(=O)(OCC)OC/C=C\CCCOS(=O)(=O)c1ccc(C)cc1. The molecule has 0 saturated heterocycles. The number of phosphoric ester groups is 1. The Balaban J connectivity index is 2.28. The summed E-state index contributed by atoms with van der Waals surface area (Å²) in [5, 5.41) is 0. The van der Waals surface area contributed by atoms with Crippen LogP contribution in [0.1, 0.15) is 32.3 Å². The smallest absolute Gasteiger partial charge is 0.287 e. The van der Waals surface area contributed by atoms with E-state index in [1.165, 1.54) is 12.1 Å². The Morgan fingerprint density at radius 1 is 1.00 bits per heavy atom. The predicted octanol–water partition coefficient (Wildman–Crippen LogP) is 4.23. The zero-order valence-electron chi connectivity index (χ0n) is 15.4. The van der Waals surface area contributed by atoms with Crippen LogP contribution >= 0.6 is 7.82 Å². The first-order chi connectivity index (χ1) is 12.3. The van der Waals surface area contributed by atoms with Gasteiger partial charge in [0.2, 0.25) is 0 Å². The zero-order valence-corrected chi connectivity index (χ0v) is 17.1. The molecule has 0 spiro atoms. The van der Waals surface area contributed by atoms with Crippen molar-refractivity contribution in [1.82, 2.24) is 0 Å². The summed E-state index contributed by atoms with van der Waals surface area (Å²) in [6, 6.07) is 6.50. The van der Waals surface area contributed by atoms with E-state index in [0.717, 1.165) is 5.56 Å². The van der Waals surface area contributed by atoms with E-state index in [-0.39, 0.29) is 31.3 Å². The van der Waals surface area contributed by atoms with Crippen LogP contribution < -0.4 is 0 Å². The molecule has 0 bridgehead atoms. The number of benzene rings is 1. The molecule has 9 heteroatoms. The van der Waals surface area contributed by atoms with Crippen LogP contribution in [0.15, 0.2) is 41.3 Å². The van der Waals surface area contributed by atoms with Gasteiger partial charge in [0.05, 0.1) is 31.3 Å². The van der Waals surface area contributed by atoms with Gasteiger partial charge in [-0.25, -0.2) is 4.57 Å². The minimum atomic E-state index is -3.73. The van der Waals surface area contributed by atoms with Gasteiger partial charge in [-0.15, -0.1) is 0 Å². The number of rotatable bonds is 13. The quantitative estimate of drug-likeness (QED) is 0.210. The minimum absolute atomic E-state index is 0.0811. The number of hydrogen-bond donors (Lipinski definition) is 0. The standard InChI is InChI=1S/C17H27O7PS/c1-4-21-25(18,22-5-2)23-14-8-6-7-9-15-24-26(19,20)17-12-10-16(3)11-13-17/h6,8,10-13H,4-5,7,9,14-15H2,1-3H3/b8-6-. The van der Waals surface area contributed by atoms with E-state index in [0.29, 0.717) is 12.8 Å². The molecule has 148 valence electrons. The van der Waals surface area contributed by atoms with Gasteiger partial charge in [0.1, 0.15) is 0 Å². The van der Waals surface area contributed by atoms with Gasteiger partial charge < -0.3 is 0 Å². The number of aryl methyl sites for hydroxylation is 1. The fraction of sp³-hybridized carbons (Fsp3) is 0.529. The summed E-state index contributed by atoms with van der Waals surface area (Å²) in [5.41, 5.74) is 0.981. The maximum absolute atomic E-state index is 12.0. The van der Waals surface area contributed by atoms with Crippen LogP contribution in [0, 0.1) is 6.92 Å². The van der Waals surface area contributed by atoms with Crippen molar-refractivity contribution in [3.05, 3.63) is 42.0 Å². The second-order valence-electron chi connectivity index (χ2n) is 5.28. The third kappa shape index (κ3) is 8.58.